The van der Waals surface area contributed by atoms with Crippen LogP contribution in [0.3, 0.4) is 0 Å². The summed E-state index contributed by atoms with van der Waals surface area (Å²) in [6.07, 6.45) is 7.44. The predicted molar refractivity (Wildman–Crippen MR) is 105 cm³/mol. The summed E-state index contributed by atoms with van der Waals surface area (Å²) in [6.45, 7) is 6.61. The molecule has 0 atom stereocenters. The molecule has 3 aromatic rings. The molecule has 6 heteroatoms. The van der Waals surface area contributed by atoms with Gasteiger partial charge < -0.3 is 9.47 Å². The molecule has 1 amide bonds. The molecule has 0 bridgehead atoms. The number of aromatic amines is 1. The van der Waals surface area contributed by atoms with E-state index in [4.69, 9.17) is 0 Å². The number of aromatic nitrogens is 4. The maximum absolute atomic E-state index is 13.1. The van der Waals surface area contributed by atoms with E-state index in [-0.39, 0.29) is 5.91 Å². The van der Waals surface area contributed by atoms with Gasteiger partial charge in [0.25, 0.3) is 5.91 Å². The van der Waals surface area contributed by atoms with E-state index in [1.807, 2.05) is 42.4 Å². The van der Waals surface area contributed by atoms with Gasteiger partial charge in [-0.25, -0.2) is 4.98 Å². The molecule has 3 heterocycles. The fourth-order valence-electron chi connectivity index (χ4n) is 3.93. The fraction of sp³-hybridized carbons (Fsp3) is 0.381. The van der Waals surface area contributed by atoms with Crippen LogP contribution < -0.4 is 0 Å². The van der Waals surface area contributed by atoms with Crippen LogP contribution >= 0.6 is 0 Å². The largest absolute Gasteiger partial charge is 0.338 e. The minimum Gasteiger partial charge on any atom is -0.338 e. The van der Waals surface area contributed by atoms with Crippen LogP contribution in [-0.2, 0) is 6.54 Å². The zero-order valence-corrected chi connectivity index (χ0v) is 15.9. The maximum atomic E-state index is 13.1. The Morgan fingerprint density at radius 3 is 2.85 bits per heavy atom. The van der Waals surface area contributed by atoms with Crippen molar-refractivity contribution in [2.75, 3.05) is 13.1 Å². The summed E-state index contributed by atoms with van der Waals surface area (Å²) in [6, 6.07) is 8.13. The van der Waals surface area contributed by atoms with Crippen molar-refractivity contribution in [2.24, 2.45) is 0 Å². The molecule has 1 aliphatic heterocycles. The van der Waals surface area contributed by atoms with Gasteiger partial charge in [0.2, 0.25) is 0 Å². The highest BCUT2D eigenvalue weighted by Crippen LogP contribution is 2.29. The number of rotatable bonds is 4. The molecule has 1 aliphatic rings. The zero-order valence-electron chi connectivity index (χ0n) is 15.9. The third-order valence-corrected chi connectivity index (χ3v) is 5.41. The average Bonchev–Trinajstić information content (AvgIpc) is 3.37. The molecule has 0 saturated carbocycles. The van der Waals surface area contributed by atoms with Gasteiger partial charge in [0.05, 0.1) is 17.5 Å². The number of benzene rings is 1. The van der Waals surface area contributed by atoms with Crippen molar-refractivity contribution in [1.29, 1.82) is 0 Å². The number of nitrogens with one attached hydrogen (secondary N) is 1. The maximum Gasteiger partial charge on any atom is 0.257 e. The molecular weight excluding hydrogens is 338 g/mol. The van der Waals surface area contributed by atoms with E-state index < -0.39 is 0 Å². The van der Waals surface area contributed by atoms with Crippen molar-refractivity contribution in [2.45, 2.75) is 39.2 Å². The quantitative estimate of drug-likeness (QED) is 0.770. The second kappa shape index (κ2) is 7.39. The van der Waals surface area contributed by atoms with Gasteiger partial charge in [0, 0.05) is 43.5 Å². The highest BCUT2D eigenvalue weighted by atomic mass is 16.2. The predicted octanol–water partition coefficient (Wildman–Crippen LogP) is 3.62. The lowest BCUT2D eigenvalue weighted by Gasteiger charge is -2.32. The third-order valence-electron chi connectivity index (χ3n) is 5.41. The van der Waals surface area contributed by atoms with Crippen LogP contribution in [0.15, 0.2) is 42.9 Å². The Kier molecular flexibility index (Phi) is 4.79. The van der Waals surface area contributed by atoms with Crippen molar-refractivity contribution in [3.05, 3.63) is 59.8 Å². The summed E-state index contributed by atoms with van der Waals surface area (Å²) in [7, 11) is 0. The number of imidazole rings is 1. The first kappa shape index (κ1) is 17.5. The highest BCUT2D eigenvalue weighted by molar-refractivity contribution is 5.99. The molecule has 1 saturated heterocycles. The molecule has 0 spiro atoms. The van der Waals surface area contributed by atoms with Crippen molar-refractivity contribution in [3.63, 3.8) is 0 Å². The second-order valence-corrected chi connectivity index (χ2v) is 7.17. The molecule has 0 aliphatic carbocycles. The smallest absolute Gasteiger partial charge is 0.257 e. The molecule has 6 nitrogen and oxygen atoms in total. The number of piperidine rings is 1. The van der Waals surface area contributed by atoms with E-state index in [9.17, 15) is 4.79 Å². The highest BCUT2D eigenvalue weighted by Gasteiger charge is 2.28. The molecule has 0 unspecified atom stereocenters. The van der Waals surface area contributed by atoms with Gasteiger partial charge in [0.15, 0.2) is 0 Å². The number of H-pyrrole nitrogens is 1. The number of likely N-dealkylation sites (tertiary alicyclic amines) is 1. The summed E-state index contributed by atoms with van der Waals surface area (Å²) in [5.41, 5.74) is 3.60. The van der Waals surface area contributed by atoms with Crippen LogP contribution in [0.1, 0.15) is 47.4 Å². The standard InChI is InChI=1S/C21H25N5O/c1-3-25-12-9-22-20(25)16-7-10-26(11-8-16)21(27)18-14-23-24-19(18)17-6-4-5-15(2)13-17/h4-6,9,12-14,16H,3,7-8,10-11H2,1-2H3,(H,23,24). The van der Waals surface area contributed by atoms with E-state index >= 15 is 0 Å². The lowest BCUT2D eigenvalue weighted by atomic mass is 9.95. The molecule has 1 N–H and O–H groups in total. The van der Waals surface area contributed by atoms with Crippen molar-refractivity contribution in [3.8, 4) is 11.3 Å². The Bertz CT molecular complexity index is 933. The van der Waals surface area contributed by atoms with Gasteiger partial charge in [-0.15, -0.1) is 0 Å². The van der Waals surface area contributed by atoms with Gasteiger partial charge in [-0.2, -0.15) is 5.10 Å². The van der Waals surface area contributed by atoms with Crippen LogP contribution in [-0.4, -0.2) is 43.6 Å². The molecule has 0 radical (unpaired) electrons. The zero-order chi connectivity index (χ0) is 18.8. The number of hydrogen-bond donors (Lipinski definition) is 1. The van der Waals surface area contributed by atoms with Gasteiger partial charge in [-0.05, 0) is 32.8 Å². The Morgan fingerprint density at radius 2 is 2.11 bits per heavy atom. The lowest BCUT2D eigenvalue weighted by molar-refractivity contribution is 0.0711. The van der Waals surface area contributed by atoms with E-state index in [2.05, 4.69) is 32.7 Å². The summed E-state index contributed by atoms with van der Waals surface area (Å²) in [5.74, 6) is 1.62. The van der Waals surface area contributed by atoms with E-state index in [1.165, 1.54) is 0 Å². The van der Waals surface area contributed by atoms with Gasteiger partial charge in [-0.1, -0.05) is 23.8 Å². The summed E-state index contributed by atoms with van der Waals surface area (Å²) in [5, 5.41) is 7.14. The van der Waals surface area contributed by atoms with Crippen LogP contribution in [0.4, 0.5) is 0 Å². The monoisotopic (exact) mass is 363 g/mol. The molecule has 2 aromatic heterocycles. The van der Waals surface area contributed by atoms with Gasteiger partial charge in [-0.3, -0.25) is 9.89 Å². The molecular formula is C21H25N5O. The molecule has 1 aromatic carbocycles. The fourth-order valence-corrected chi connectivity index (χ4v) is 3.93. The van der Waals surface area contributed by atoms with Crippen LogP contribution in [0.2, 0.25) is 0 Å². The van der Waals surface area contributed by atoms with Crippen molar-refractivity contribution in [1.82, 2.24) is 24.6 Å². The number of carbonyl (C=O) groups excluding carboxylic acids is 1. The van der Waals surface area contributed by atoms with Crippen molar-refractivity contribution >= 4 is 5.91 Å². The second-order valence-electron chi connectivity index (χ2n) is 7.17. The summed E-state index contributed by atoms with van der Waals surface area (Å²) in [4.78, 5) is 19.6. The van der Waals surface area contributed by atoms with E-state index in [0.29, 0.717) is 11.5 Å². The average molecular weight is 363 g/mol. The van der Waals surface area contributed by atoms with Crippen LogP contribution in [0.25, 0.3) is 11.3 Å². The Labute approximate surface area is 159 Å². The van der Waals surface area contributed by atoms with Gasteiger partial charge in [0.1, 0.15) is 5.82 Å². The minimum absolute atomic E-state index is 0.0533. The third kappa shape index (κ3) is 3.39. The normalized spacial score (nSPS) is 15.3. The van der Waals surface area contributed by atoms with Crippen LogP contribution in [0, 0.1) is 6.92 Å². The minimum atomic E-state index is 0.0533. The molecule has 1 fully saturated rings. The first-order valence-corrected chi connectivity index (χ1v) is 9.58. The number of carbonyl (C=O) groups is 1. The van der Waals surface area contributed by atoms with Gasteiger partial charge >= 0.3 is 0 Å². The molecule has 4 rings (SSSR count). The number of nitrogens with zero attached hydrogens (tertiary/aromatic N) is 4. The number of aryl methyl sites for hydroxylation is 2. The summed E-state index contributed by atoms with van der Waals surface area (Å²) < 4.78 is 2.20. The Hall–Kier alpha value is -2.89. The Morgan fingerprint density at radius 1 is 1.30 bits per heavy atom. The van der Waals surface area contributed by atoms with Crippen LogP contribution in [0.5, 0.6) is 0 Å². The van der Waals surface area contributed by atoms with E-state index in [1.54, 1.807) is 6.20 Å². The SMILES string of the molecule is CCn1ccnc1C1CCN(C(=O)c2cn[nH]c2-c2cccc(C)c2)CC1. The van der Waals surface area contributed by atoms with E-state index in [0.717, 1.165) is 55.1 Å². The molecule has 27 heavy (non-hydrogen) atoms. The number of hydrogen-bond acceptors (Lipinski definition) is 3. The topological polar surface area (TPSA) is 66.8 Å². The summed E-state index contributed by atoms with van der Waals surface area (Å²) >= 11 is 0. The van der Waals surface area contributed by atoms with Crippen molar-refractivity contribution < 1.29 is 4.79 Å². The number of amides is 1. The lowest BCUT2D eigenvalue weighted by Crippen LogP contribution is -2.38. The first-order chi connectivity index (χ1) is 13.2. The molecule has 140 valence electrons. The Balaban J connectivity index is 1.49. The first-order valence-electron chi connectivity index (χ1n) is 9.58.